The number of hydrogen-bond acceptors (Lipinski definition) is 5. The van der Waals surface area contributed by atoms with E-state index >= 15 is 0 Å². The van der Waals surface area contributed by atoms with Gasteiger partial charge in [0.2, 0.25) is 5.91 Å². The van der Waals surface area contributed by atoms with Crippen LogP contribution in [-0.4, -0.2) is 24.1 Å². The molecule has 2 heterocycles. The first-order chi connectivity index (χ1) is 13.2. The third-order valence-electron chi connectivity index (χ3n) is 4.09. The monoisotopic (exact) mass is 384 g/mol. The molecule has 3 aromatic rings. The Kier molecular flexibility index (Phi) is 4.98. The molecule has 0 bridgehead atoms. The van der Waals surface area contributed by atoms with Crippen molar-refractivity contribution in [1.82, 2.24) is 4.98 Å². The van der Waals surface area contributed by atoms with Gasteiger partial charge in [-0.3, -0.25) is 4.79 Å². The number of carbonyl (C=O) groups is 1. The molecule has 0 saturated carbocycles. The predicted octanol–water partition coefficient (Wildman–Crippen LogP) is 4.34. The van der Waals surface area contributed by atoms with Crippen LogP contribution >= 0.6 is 11.6 Å². The fraction of sp³-hybridized carbons (Fsp3) is 0.200. The molecule has 0 atom stereocenters. The van der Waals surface area contributed by atoms with Gasteiger partial charge in [-0.05, 0) is 29.8 Å². The lowest BCUT2D eigenvalue weighted by Crippen LogP contribution is -2.14. The molecule has 1 aliphatic heterocycles. The Hall–Kier alpha value is -2.99. The number of hydrogen-bond donors (Lipinski definition) is 1. The Morgan fingerprint density at radius 3 is 2.93 bits per heavy atom. The molecule has 0 radical (unpaired) electrons. The molecule has 1 aromatic heterocycles. The standard InChI is InChI=1S/C20H17ClN2O4/c21-16-7-13(8-17-20(16)26-6-2-5-25-17)9-19(24)23-15-4-1-3-14(10-15)18-11-22-12-27-18/h1,3-4,7-8,10-12H,2,5-6,9H2,(H,23,24). The Balaban J connectivity index is 1.48. The molecular weight excluding hydrogens is 368 g/mol. The van der Waals surface area contributed by atoms with Gasteiger partial charge in [0, 0.05) is 17.7 Å². The van der Waals surface area contributed by atoms with Crippen molar-refractivity contribution in [2.24, 2.45) is 0 Å². The molecule has 0 saturated heterocycles. The summed E-state index contributed by atoms with van der Waals surface area (Å²) < 4.78 is 16.6. The van der Waals surface area contributed by atoms with Crippen LogP contribution in [0.2, 0.25) is 5.02 Å². The minimum Gasteiger partial charge on any atom is -0.489 e. The number of carbonyl (C=O) groups excluding carboxylic acids is 1. The first kappa shape index (κ1) is 17.4. The molecule has 2 aromatic carbocycles. The van der Waals surface area contributed by atoms with Gasteiger partial charge >= 0.3 is 0 Å². The van der Waals surface area contributed by atoms with Gasteiger partial charge in [0.1, 0.15) is 0 Å². The van der Waals surface area contributed by atoms with Crippen LogP contribution in [0.5, 0.6) is 11.5 Å². The van der Waals surface area contributed by atoms with E-state index in [4.69, 9.17) is 25.5 Å². The van der Waals surface area contributed by atoms with Gasteiger partial charge in [0.05, 0.1) is 30.9 Å². The average molecular weight is 385 g/mol. The van der Waals surface area contributed by atoms with Crippen LogP contribution in [0.3, 0.4) is 0 Å². The third-order valence-corrected chi connectivity index (χ3v) is 4.37. The van der Waals surface area contributed by atoms with E-state index in [0.29, 0.717) is 41.2 Å². The van der Waals surface area contributed by atoms with E-state index in [9.17, 15) is 4.79 Å². The second-order valence-electron chi connectivity index (χ2n) is 6.13. The van der Waals surface area contributed by atoms with Crippen molar-refractivity contribution in [3.8, 4) is 22.8 Å². The minimum atomic E-state index is -0.157. The lowest BCUT2D eigenvalue weighted by atomic mass is 10.1. The Morgan fingerprint density at radius 2 is 2.07 bits per heavy atom. The number of ether oxygens (including phenoxy) is 2. The lowest BCUT2D eigenvalue weighted by molar-refractivity contribution is -0.115. The molecule has 0 aliphatic carbocycles. The molecule has 1 amide bonds. The zero-order chi connectivity index (χ0) is 18.6. The van der Waals surface area contributed by atoms with E-state index < -0.39 is 0 Å². The summed E-state index contributed by atoms with van der Waals surface area (Å²) in [5.41, 5.74) is 2.27. The van der Waals surface area contributed by atoms with Crippen molar-refractivity contribution in [2.75, 3.05) is 18.5 Å². The summed E-state index contributed by atoms with van der Waals surface area (Å²) in [6.07, 6.45) is 3.96. The van der Waals surface area contributed by atoms with E-state index in [2.05, 4.69) is 10.3 Å². The second kappa shape index (κ2) is 7.72. The van der Waals surface area contributed by atoms with E-state index in [-0.39, 0.29) is 12.3 Å². The van der Waals surface area contributed by atoms with Crippen LogP contribution in [0, 0.1) is 0 Å². The smallest absolute Gasteiger partial charge is 0.228 e. The van der Waals surface area contributed by atoms with Crippen LogP contribution in [0.25, 0.3) is 11.3 Å². The van der Waals surface area contributed by atoms with Gasteiger partial charge in [-0.15, -0.1) is 0 Å². The molecule has 6 nitrogen and oxygen atoms in total. The molecule has 1 aliphatic rings. The number of nitrogens with zero attached hydrogens (tertiary/aromatic N) is 1. The molecule has 0 fully saturated rings. The summed E-state index contributed by atoms with van der Waals surface area (Å²) in [5, 5.41) is 3.34. The highest BCUT2D eigenvalue weighted by atomic mass is 35.5. The van der Waals surface area contributed by atoms with Gasteiger partial charge in [-0.1, -0.05) is 23.7 Å². The van der Waals surface area contributed by atoms with Crippen LogP contribution in [-0.2, 0) is 11.2 Å². The molecule has 0 spiro atoms. The first-order valence-electron chi connectivity index (χ1n) is 8.56. The van der Waals surface area contributed by atoms with Crippen LogP contribution < -0.4 is 14.8 Å². The average Bonchev–Trinajstić information content (AvgIpc) is 3.08. The summed E-state index contributed by atoms with van der Waals surface area (Å²) in [6, 6.07) is 10.9. The van der Waals surface area contributed by atoms with Crippen molar-refractivity contribution in [3.05, 3.63) is 59.6 Å². The molecular formula is C20H17ClN2O4. The highest BCUT2D eigenvalue weighted by Crippen LogP contribution is 2.38. The van der Waals surface area contributed by atoms with E-state index in [1.807, 2.05) is 24.3 Å². The zero-order valence-electron chi connectivity index (χ0n) is 14.4. The molecule has 4 rings (SSSR count). The number of halogens is 1. The largest absolute Gasteiger partial charge is 0.489 e. The van der Waals surface area contributed by atoms with Gasteiger partial charge in [-0.2, -0.15) is 0 Å². The second-order valence-corrected chi connectivity index (χ2v) is 6.53. The van der Waals surface area contributed by atoms with Crippen LogP contribution in [0.1, 0.15) is 12.0 Å². The number of amides is 1. The number of rotatable bonds is 4. The van der Waals surface area contributed by atoms with Gasteiger partial charge in [0.25, 0.3) is 0 Å². The van der Waals surface area contributed by atoms with E-state index in [1.165, 1.54) is 6.39 Å². The first-order valence-corrected chi connectivity index (χ1v) is 8.93. The lowest BCUT2D eigenvalue weighted by Gasteiger charge is -2.12. The minimum absolute atomic E-state index is 0.157. The number of oxazole rings is 1. The predicted molar refractivity (Wildman–Crippen MR) is 101 cm³/mol. The number of anilines is 1. The number of benzene rings is 2. The maximum absolute atomic E-state index is 12.5. The Labute approximate surface area is 161 Å². The maximum Gasteiger partial charge on any atom is 0.228 e. The quantitative estimate of drug-likeness (QED) is 0.724. The van der Waals surface area contributed by atoms with Crippen LogP contribution in [0.15, 0.2) is 53.4 Å². The summed E-state index contributed by atoms with van der Waals surface area (Å²) in [6.45, 7) is 1.13. The molecule has 138 valence electrons. The Morgan fingerprint density at radius 1 is 1.19 bits per heavy atom. The summed E-state index contributed by atoms with van der Waals surface area (Å²) in [5.74, 6) is 1.60. The van der Waals surface area contributed by atoms with Crippen molar-refractivity contribution in [3.63, 3.8) is 0 Å². The van der Waals surface area contributed by atoms with E-state index in [1.54, 1.807) is 18.3 Å². The fourth-order valence-corrected chi connectivity index (χ4v) is 3.17. The van der Waals surface area contributed by atoms with Crippen molar-refractivity contribution in [2.45, 2.75) is 12.8 Å². The van der Waals surface area contributed by atoms with Gasteiger partial charge in [0.15, 0.2) is 23.7 Å². The SMILES string of the molecule is O=C(Cc1cc(Cl)c2c(c1)OCCCO2)Nc1cccc(-c2cnco2)c1. The number of aromatic nitrogens is 1. The van der Waals surface area contributed by atoms with Crippen LogP contribution in [0.4, 0.5) is 5.69 Å². The highest BCUT2D eigenvalue weighted by Gasteiger charge is 2.17. The number of fused-ring (bicyclic) bond motifs is 1. The summed E-state index contributed by atoms with van der Waals surface area (Å²) in [4.78, 5) is 16.4. The van der Waals surface area contributed by atoms with E-state index in [0.717, 1.165) is 17.5 Å². The van der Waals surface area contributed by atoms with Gasteiger partial charge < -0.3 is 19.2 Å². The fourth-order valence-electron chi connectivity index (χ4n) is 2.89. The molecule has 0 unspecified atom stereocenters. The number of nitrogens with one attached hydrogen (secondary N) is 1. The van der Waals surface area contributed by atoms with Crippen molar-refractivity contribution in [1.29, 1.82) is 0 Å². The summed E-state index contributed by atoms with van der Waals surface area (Å²) >= 11 is 6.29. The maximum atomic E-state index is 12.5. The van der Waals surface area contributed by atoms with Gasteiger partial charge in [-0.25, -0.2) is 4.98 Å². The highest BCUT2D eigenvalue weighted by molar-refractivity contribution is 6.32. The molecule has 1 N–H and O–H groups in total. The van der Waals surface area contributed by atoms with Crippen molar-refractivity contribution < 1.29 is 18.7 Å². The van der Waals surface area contributed by atoms with Crippen molar-refractivity contribution >= 4 is 23.2 Å². The normalized spacial score (nSPS) is 13.1. The zero-order valence-corrected chi connectivity index (χ0v) is 15.2. The third kappa shape index (κ3) is 4.06. The summed E-state index contributed by atoms with van der Waals surface area (Å²) in [7, 11) is 0. The molecule has 27 heavy (non-hydrogen) atoms. The molecule has 7 heteroatoms. The Bertz CT molecular complexity index is 957. The topological polar surface area (TPSA) is 73.6 Å².